The molecule has 10 heteroatoms. The van der Waals surface area contributed by atoms with Crippen molar-refractivity contribution in [1.29, 1.82) is 0 Å². The van der Waals surface area contributed by atoms with Crippen molar-refractivity contribution < 1.29 is 23.8 Å². The topological polar surface area (TPSA) is 108 Å². The summed E-state index contributed by atoms with van der Waals surface area (Å²) in [6, 6.07) is 11.7. The van der Waals surface area contributed by atoms with Gasteiger partial charge in [-0.25, -0.2) is 9.79 Å². The number of nitrogens with zero attached hydrogens (tertiary/aromatic N) is 2. The fourth-order valence-electron chi connectivity index (χ4n) is 4.58. The second-order valence-electron chi connectivity index (χ2n) is 8.11. The fourth-order valence-corrected chi connectivity index (χ4v) is 5.73. The standard InChI is InChI=1S/C25H19N3O6S/c1-3-32-24(31)18-12(2)26-25-28(20(18)13-8-9-16-17(10-13)34-11-33-16)23(30)21(35-25)19-14-6-4-5-7-15(14)27-22(19)29/h4-10,20H,3,11H2,1-2H3,(H,27,29). The van der Waals surface area contributed by atoms with Gasteiger partial charge in [-0.2, -0.15) is 0 Å². The molecule has 0 radical (unpaired) electrons. The molecule has 3 aliphatic heterocycles. The van der Waals surface area contributed by atoms with E-state index >= 15 is 0 Å². The highest BCUT2D eigenvalue weighted by molar-refractivity contribution is 7.07. The molecule has 3 aromatic rings. The lowest BCUT2D eigenvalue weighted by atomic mass is 9.95. The summed E-state index contributed by atoms with van der Waals surface area (Å²) in [4.78, 5) is 44.8. The van der Waals surface area contributed by atoms with E-state index in [1.807, 2.05) is 12.1 Å². The molecule has 0 spiro atoms. The second-order valence-corrected chi connectivity index (χ2v) is 9.09. The molecule has 1 amide bonds. The number of ether oxygens (including phenoxy) is 3. The molecule has 1 unspecified atom stereocenters. The molecule has 176 valence electrons. The second kappa shape index (κ2) is 7.95. The third-order valence-electron chi connectivity index (χ3n) is 6.10. The third-order valence-corrected chi connectivity index (χ3v) is 7.16. The lowest BCUT2D eigenvalue weighted by Gasteiger charge is -2.24. The van der Waals surface area contributed by atoms with E-state index in [4.69, 9.17) is 14.2 Å². The Morgan fingerprint density at radius 2 is 2.00 bits per heavy atom. The molecule has 0 bridgehead atoms. The number of rotatable bonds is 3. The summed E-state index contributed by atoms with van der Waals surface area (Å²) < 4.78 is 18.0. The summed E-state index contributed by atoms with van der Waals surface area (Å²) in [6.45, 7) is 3.70. The average molecular weight is 490 g/mol. The van der Waals surface area contributed by atoms with Gasteiger partial charge in [-0.05, 0) is 37.6 Å². The Balaban J connectivity index is 1.64. The lowest BCUT2D eigenvalue weighted by Crippen LogP contribution is -2.40. The number of fused-ring (bicyclic) bond motifs is 3. The fraction of sp³-hybridized carbons (Fsp3) is 0.200. The Labute approximate surface area is 202 Å². The number of aromatic nitrogens is 1. The van der Waals surface area contributed by atoms with Gasteiger partial charge in [0.25, 0.3) is 11.5 Å². The smallest absolute Gasteiger partial charge is 0.338 e. The minimum atomic E-state index is -0.811. The summed E-state index contributed by atoms with van der Waals surface area (Å²) in [5.74, 6) is 0.200. The Morgan fingerprint density at radius 3 is 2.83 bits per heavy atom. The van der Waals surface area contributed by atoms with E-state index in [-0.39, 0.29) is 29.4 Å². The monoisotopic (exact) mass is 489 g/mol. The van der Waals surface area contributed by atoms with Crippen LogP contribution in [0.15, 0.2) is 63.5 Å². The molecule has 1 atom stereocenters. The van der Waals surface area contributed by atoms with E-state index in [0.29, 0.717) is 44.4 Å². The van der Waals surface area contributed by atoms with Crippen molar-refractivity contribution in [2.24, 2.45) is 4.99 Å². The normalized spacial score (nSPS) is 19.1. The van der Waals surface area contributed by atoms with Gasteiger partial charge in [0.2, 0.25) is 6.79 Å². The maximum absolute atomic E-state index is 13.9. The van der Waals surface area contributed by atoms with Gasteiger partial charge in [-0.3, -0.25) is 14.2 Å². The first-order chi connectivity index (χ1) is 17.0. The van der Waals surface area contributed by atoms with Gasteiger partial charge in [0.15, 0.2) is 16.3 Å². The molecule has 0 saturated carbocycles. The Bertz CT molecular complexity index is 1650. The van der Waals surface area contributed by atoms with Crippen LogP contribution in [0.1, 0.15) is 31.0 Å². The summed E-state index contributed by atoms with van der Waals surface area (Å²) in [5.41, 5.74) is 2.53. The number of allylic oxidation sites excluding steroid dienone is 1. The predicted octanol–water partition coefficient (Wildman–Crippen LogP) is 1.85. The van der Waals surface area contributed by atoms with Crippen LogP contribution in [0.25, 0.3) is 5.57 Å². The Morgan fingerprint density at radius 1 is 1.20 bits per heavy atom. The van der Waals surface area contributed by atoms with Crippen LogP contribution < -0.4 is 29.7 Å². The number of anilines is 1. The van der Waals surface area contributed by atoms with Crippen molar-refractivity contribution in [1.82, 2.24) is 4.57 Å². The van der Waals surface area contributed by atoms with Gasteiger partial charge in [-0.1, -0.05) is 35.6 Å². The van der Waals surface area contributed by atoms with Crippen molar-refractivity contribution in [2.75, 3.05) is 18.7 Å². The van der Waals surface area contributed by atoms with Gasteiger partial charge < -0.3 is 19.5 Å². The largest absolute Gasteiger partial charge is 0.463 e. The number of amides is 1. The zero-order valence-corrected chi connectivity index (χ0v) is 19.6. The summed E-state index contributed by atoms with van der Waals surface area (Å²) in [5, 5.41) is 2.81. The SMILES string of the molecule is CCOC(=O)C1=C(C)N=c2sc(=C3C(=O)Nc4ccccc43)c(=O)n2C1c1ccc2c(c1)OCO2. The van der Waals surface area contributed by atoms with Gasteiger partial charge in [-0.15, -0.1) is 0 Å². The molecule has 3 aliphatic rings. The highest BCUT2D eigenvalue weighted by atomic mass is 32.1. The number of benzene rings is 2. The molecule has 35 heavy (non-hydrogen) atoms. The maximum atomic E-state index is 13.9. The van der Waals surface area contributed by atoms with E-state index in [0.717, 1.165) is 11.3 Å². The minimum Gasteiger partial charge on any atom is -0.463 e. The van der Waals surface area contributed by atoms with Crippen molar-refractivity contribution >= 4 is 34.5 Å². The van der Waals surface area contributed by atoms with E-state index in [9.17, 15) is 14.4 Å². The Kier molecular flexibility index (Phi) is 4.85. The van der Waals surface area contributed by atoms with Gasteiger partial charge in [0.1, 0.15) is 4.53 Å². The van der Waals surface area contributed by atoms with Crippen LogP contribution in [-0.2, 0) is 14.3 Å². The number of nitrogens with one attached hydrogen (secondary N) is 1. The number of hydrogen-bond donors (Lipinski definition) is 1. The van der Waals surface area contributed by atoms with E-state index in [1.54, 1.807) is 44.2 Å². The predicted molar refractivity (Wildman–Crippen MR) is 127 cm³/mol. The zero-order valence-electron chi connectivity index (χ0n) is 18.8. The van der Waals surface area contributed by atoms with Gasteiger partial charge >= 0.3 is 5.97 Å². The summed E-state index contributed by atoms with van der Waals surface area (Å²) in [6.07, 6.45) is 0. The quantitative estimate of drug-likeness (QED) is 0.563. The molecule has 1 N–H and O–H groups in total. The number of para-hydroxylation sites is 1. The molecular weight excluding hydrogens is 470 g/mol. The van der Waals surface area contributed by atoms with Crippen molar-refractivity contribution in [3.63, 3.8) is 0 Å². The van der Waals surface area contributed by atoms with Gasteiger partial charge in [0, 0.05) is 11.3 Å². The minimum absolute atomic E-state index is 0.0963. The highest BCUT2D eigenvalue weighted by Crippen LogP contribution is 2.38. The van der Waals surface area contributed by atoms with E-state index in [2.05, 4.69) is 10.3 Å². The van der Waals surface area contributed by atoms with Crippen LogP contribution in [0.5, 0.6) is 11.5 Å². The number of esters is 1. The summed E-state index contributed by atoms with van der Waals surface area (Å²) >= 11 is 1.12. The van der Waals surface area contributed by atoms with Crippen LogP contribution in [0.3, 0.4) is 0 Å². The number of thiazole rings is 1. The van der Waals surface area contributed by atoms with Crippen molar-refractivity contribution in [3.8, 4) is 11.5 Å². The van der Waals surface area contributed by atoms with E-state index < -0.39 is 17.6 Å². The van der Waals surface area contributed by atoms with Crippen molar-refractivity contribution in [3.05, 3.63) is 84.5 Å². The molecule has 0 fully saturated rings. The molecule has 4 heterocycles. The molecule has 0 aliphatic carbocycles. The first kappa shape index (κ1) is 21.4. The maximum Gasteiger partial charge on any atom is 0.338 e. The molecule has 0 saturated heterocycles. The molecule has 6 rings (SSSR count). The Hall–Kier alpha value is -4.18. The van der Waals surface area contributed by atoms with Crippen LogP contribution >= 0.6 is 11.3 Å². The first-order valence-electron chi connectivity index (χ1n) is 11.0. The highest BCUT2D eigenvalue weighted by Gasteiger charge is 2.35. The number of carbonyl (C=O) groups is 2. The average Bonchev–Trinajstić information content (AvgIpc) is 3.52. The van der Waals surface area contributed by atoms with Crippen molar-refractivity contribution in [2.45, 2.75) is 19.9 Å². The van der Waals surface area contributed by atoms with Crippen LogP contribution in [0.4, 0.5) is 5.69 Å². The van der Waals surface area contributed by atoms with Crippen LogP contribution in [-0.4, -0.2) is 29.8 Å². The number of carbonyl (C=O) groups excluding carboxylic acids is 2. The summed E-state index contributed by atoms with van der Waals surface area (Å²) in [7, 11) is 0. The molecule has 9 nitrogen and oxygen atoms in total. The third kappa shape index (κ3) is 3.21. The van der Waals surface area contributed by atoms with E-state index in [1.165, 1.54) is 4.57 Å². The van der Waals surface area contributed by atoms with Crippen LogP contribution in [0.2, 0.25) is 0 Å². The zero-order chi connectivity index (χ0) is 24.3. The van der Waals surface area contributed by atoms with Gasteiger partial charge in [0.05, 0.1) is 29.5 Å². The molecular formula is C25H19N3O6S. The molecule has 2 aromatic carbocycles. The van der Waals surface area contributed by atoms with Crippen LogP contribution in [0, 0.1) is 0 Å². The lowest BCUT2D eigenvalue weighted by molar-refractivity contribution is -0.139. The number of hydrogen-bond acceptors (Lipinski definition) is 8. The molecule has 1 aromatic heterocycles. The first-order valence-corrected chi connectivity index (χ1v) is 11.8.